The lowest BCUT2D eigenvalue weighted by Gasteiger charge is -2.37. The fourth-order valence-corrected chi connectivity index (χ4v) is 2.14. The zero-order valence-corrected chi connectivity index (χ0v) is 7.48. The SMILES string of the molecule is C[C@@H]1NC(C)(C)CO[P@@]1O. The zero-order chi connectivity index (χ0) is 7.78. The van der Waals surface area contributed by atoms with E-state index in [2.05, 4.69) is 19.2 Å². The van der Waals surface area contributed by atoms with Crippen molar-refractivity contribution in [1.29, 1.82) is 0 Å². The van der Waals surface area contributed by atoms with Crippen molar-refractivity contribution in [3.63, 3.8) is 0 Å². The highest BCUT2D eigenvalue weighted by molar-refractivity contribution is 7.47. The van der Waals surface area contributed by atoms with Gasteiger partial charge in [0.25, 0.3) is 0 Å². The van der Waals surface area contributed by atoms with Crippen LogP contribution in [-0.2, 0) is 4.52 Å². The Labute approximate surface area is 62.7 Å². The van der Waals surface area contributed by atoms with Crippen LogP contribution in [0, 0.1) is 0 Å². The highest BCUT2D eigenvalue weighted by Crippen LogP contribution is 2.41. The van der Waals surface area contributed by atoms with Crippen molar-refractivity contribution in [2.75, 3.05) is 6.61 Å². The molecule has 60 valence electrons. The third-order valence-corrected chi connectivity index (χ3v) is 2.67. The van der Waals surface area contributed by atoms with Gasteiger partial charge < -0.3 is 9.42 Å². The van der Waals surface area contributed by atoms with Crippen molar-refractivity contribution < 1.29 is 9.42 Å². The molecule has 1 fully saturated rings. The number of hydrogen-bond acceptors (Lipinski definition) is 3. The summed E-state index contributed by atoms with van der Waals surface area (Å²) in [7, 11) is -1.22. The smallest absolute Gasteiger partial charge is 0.185 e. The predicted molar refractivity (Wildman–Crippen MR) is 41.8 cm³/mol. The second kappa shape index (κ2) is 2.74. The van der Waals surface area contributed by atoms with Crippen LogP contribution in [0.1, 0.15) is 20.8 Å². The van der Waals surface area contributed by atoms with Gasteiger partial charge in [-0.3, -0.25) is 5.32 Å². The summed E-state index contributed by atoms with van der Waals surface area (Å²) in [5.41, 5.74) is 0.0149. The van der Waals surface area contributed by atoms with E-state index in [0.717, 1.165) is 0 Å². The first kappa shape index (κ1) is 8.41. The second-order valence-electron chi connectivity index (χ2n) is 3.28. The van der Waals surface area contributed by atoms with E-state index < -0.39 is 8.38 Å². The molecule has 0 bridgehead atoms. The summed E-state index contributed by atoms with van der Waals surface area (Å²) in [6, 6.07) is 0. The van der Waals surface area contributed by atoms with E-state index in [-0.39, 0.29) is 11.3 Å². The molecule has 3 nitrogen and oxygen atoms in total. The molecule has 0 radical (unpaired) electrons. The zero-order valence-electron chi connectivity index (χ0n) is 6.59. The van der Waals surface area contributed by atoms with Crippen molar-refractivity contribution >= 4 is 8.38 Å². The van der Waals surface area contributed by atoms with Crippen LogP contribution < -0.4 is 5.32 Å². The van der Waals surface area contributed by atoms with E-state index in [9.17, 15) is 4.89 Å². The summed E-state index contributed by atoms with van der Waals surface area (Å²) in [6.45, 7) is 6.66. The summed E-state index contributed by atoms with van der Waals surface area (Å²) in [5.74, 6) is 0.0961. The van der Waals surface area contributed by atoms with E-state index in [4.69, 9.17) is 4.52 Å². The Kier molecular flexibility index (Phi) is 2.31. The van der Waals surface area contributed by atoms with Crippen LogP contribution in [-0.4, -0.2) is 22.8 Å². The maximum Gasteiger partial charge on any atom is 0.185 e. The Bertz CT molecular complexity index is 129. The Morgan fingerprint density at radius 1 is 1.70 bits per heavy atom. The van der Waals surface area contributed by atoms with Gasteiger partial charge in [0.1, 0.15) is 0 Å². The number of hydrogen-bond donors (Lipinski definition) is 2. The Balaban J connectivity index is 2.49. The summed E-state index contributed by atoms with van der Waals surface area (Å²) >= 11 is 0. The number of rotatable bonds is 0. The van der Waals surface area contributed by atoms with Crippen LogP contribution in [0.4, 0.5) is 0 Å². The minimum atomic E-state index is -1.22. The highest BCUT2D eigenvalue weighted by Gasteiger charge is 2.31. The van der Waals surface area contributed by atoms with E-state index >= 15 is 0 Å². The molecule has 1 heterocycles. The predicted octanol–water partition coefficient (Wildman–Crippen LogP) is 1.03. The lowest BCUT2D eigenvalue weighted by Crippen LogP contribution is -2.50. The Hall–Kier alpha value is 0.310. The molecule has 2 atom stereocenters. The molecule has 0 aliphatic carbocycles. The van der Waals surface area contributed by atoms with Gasteiger partial charge in [-0.1, -0.05) is 0 Å². The molecular weight excluding hydrogens is 149 g/mol. The summed E-state index contributed by atoms with van der Waals surface area (Å²) in [4.78, 5) is 9.19. The molecule has 1 rings (SSSR count). The van der Waals surface area contributed by atoms with Crippen molar-refractivity contribution in [3.8, 4) is 0 Å². The van der Waals surface area contributed by atoms with Crippen LogP contribution in [0.2, 0.25) is 0 Å². The van der Waals surface area contributed by atoms with E-state index in [1.54, 1.807) is 0 Å². The molecule has 0 aromatic rings. The van der Waals surface area contributed by atoms with Crippen LogP contribution in [0.5, 0.6) is 0 Å². The quantitative estimate of drug-likeness (QED) is 0.524. The van der Waals surface area contributed by atoms with E-state index in [1.165, 1.54) is 0 Å². The Morgan fingerprint density at radius 3 is 2.70 bits per heavy atom. The van der Waals surface area contributed by atoms with Crippen molar-refractivity contribution in [3.05, 3.63) is 0 Å². The van der Waals surface area contributed by atoms with Gasteiger partial charge in [0, 0.05) is 5.54 Å². The maximum absolute atomic E-state index is 9.19. The lowest BCUT2D eigenvalue weighted by molar-refractivity contribution is 0.168. The number of nitrogens with one attached hydrogen (secondary N) is 1. The molecule has 1 saturated heterocycles. The van der Waals surface area contributed by atoms with Gasteiger partial charge in [-0.25, -0.2) is 0 Å². The minimum Gasteiger partial charge on any atom is -0.349 e. The highest BCUT2D eigenvalue weighted by atomic mass is 31.2. The van der Waals surface area contributed by atoms with Gasteiger partial charge in [0.2, 0.25) is 0 Å². The van der Waals surface area contributed by atoms with E-state index in [0.29, 0.717) is 6.61 Å². The molecule has 2 N–H and O–H groups in total. The molecule has 10 heavy (non-hydrogen) atoms. The van der Waals surface area contributed by atoms with Gasteiger partial charge >= 0.3 is 0 Å². The van der Waals surface area contributed by atoms with Crippen LogP contribution in [0.3, 0.4) is 0 Å². The van der Waals surface area contributed by atoms with Crippen LogP contribution >= 0.6 is 8.38 Å². The minimum absolute atomic E-state index is 0.0149. The van der Waals surface area contributed by atoms with E-state index in [1.807, 2.05) is 6.92 Å². The fourth-order valence-electron chi connectivity index (χ4n) is 1.00. The maximum atomic E-state index is 9.19. The third-order valence-electron chi connectivity index (χ3n) is 1.49. The first-order valence-corrected chi connectivity index (χ1v) is 4.68. The third kappa shape index (κ3) is 1.89. The van der Waals surface area contributed by atoms with Crippen molar-refractivity contribution in [2.45, 2.75) is 32.1 Å². The van der Waals surface area contributed by atoms with Gasteiger partial charge in [0.05, 0.1) is 12.4 Å². The van der Waals surface area contributed by atoms with Crippen LogP contribution in [0.15, 0.2) is 0 Å². The fraction of sp³-hybridized carbons (Fsp3) is 1.00. The molecule has 0 aromatic carbocycles. The second-order valence-corrected chi connectivity index (χ2v) is 4.92. The first-order chi connectivity index (χ1) is 4.51. The topological polar surface area (TPSA) is 41.5 Å². The summed E-state index contributed by atoms with van der Waals surface area (Å²) < 4.78 is 5.16. The molecule has 1 aliphatic heterocycles. The Morgan fingerprint density at radius 2 is 2.30 bits per heavy atom. The summed E-state index contributed by atoms with van der Waals surface area (Å²) in [5, 5.41) is 3.26. The van der Waals surface area contributed by atoms with Gasteiger partial charge in [-0.05, 0) is 20.8 Å². The lowest BCUT2D eigenvalue weighted by atomic mass is 10.1. The standard InChI is InChI=1S/C6H14NO2P/c1-5-7-6(2,3)4-9-10(5)8/h5,7-8H,4H2,1-3H3/t5-,10-/m1/s1. The largest absolute Gasteiger partial charge is 0.349 e. The monoisotopic (exact) mass is 163 g/mol. The van der Waals surface area contributed by atoms with Gasteiger partial charge in [-0.2, -0.15) is 0 Å². The molecule has 0 aromatic heterocycles. The molecule has 0 unspecified atom stereocenters. The molecular formula is C6H14NO2P. The average Bonchev–Trinajstić information content (AvgIpc) is 1.79. The molecule has 0 saturated carbocycles. The molecule has 0 amide bonds. The van der Waals surface area contributed by atoms with Crippen LogP contribution in [0.25, 0.3) is 0 Å². The van der Waals surface area contributed by atoms with Gasteiger partial charge in [0.15, 0.2) is 8.38 Å². The summed E-state index contributed by atoms with van der Waals surface area (Å²) in [6.07, 6.45) is 0. The molecule has 0 spiro atoms. The van der Waals surface area contributed by atoms with Gasteiger partial charge in [-0.15, -0.1) is 0 Å². The first-order valence-electron chi connectivity index (χ1n) is 3.40. The normalized spacial score (nSPS) is 39.6. The average molecular weight is 163 g/mol. The van der Waals surface area contributed by atoms with Crippen molar-refractivity contribution in [1.82, 2.24) is 5.32 Å². The molecule has 4 heteroatoms. The van der Waals surface area contributed by atoms with Crippen molar-refractivity contribution in [2.24, 2.45) is 0 Å². The molecule has 1 aliphatic rings.